The van der Waals surface area contributed by atoms with E-state index in [2.05, 4.69) is 11.4 Å². The van der Waals surface area contributed by atoms with Crippen LogP contribution in [0.3, 0.4) is 0 Å². The molecule has 1 atom stereocenters. The summed E-state index contributed by atoms with van der Waals surface area (Å²) in [7, 11) is 0. The second-order valence-corrected chi connectivity index (χ2v) is 8.15. The normalized spacial score (nSPS) is 17.4. The van der Waals surface area contributed by atoms with E-state index in [1.54, 1.807) is 34.9 Å². The zero-order chi connectivity index (χ0) is 17.7. The third kappa shape index (κ3) is 5.00. The van der Waals surface area contributed by atoms with Crippen molar-refractivity contribution in [3.05, 3.63) is 35.4 Å². The summed E-state index contributed by atoms with van der Waals surface area (Å²) in [4.78, 5) is 26.6. The van der Waals surface area contributed by atoms with Crippen LogP contribution < -0.4 is 5.32 Å². The molecule has 0 aromatic heterocycles. The van der Waals surface area contributed by atoms with E-state index in [0.29, 0.717) is 30.2 Å². The highest BCUT2D eigenvalue weighted by molar-refractivity contribution is 7.99. The molecule has 0 bridgehead atoms. The Hall–Kier alpha value is -2.00. The lowest BCUT2D eigenvalue weighted by atomic mass is 9.91. The minimum atomic E-state index is -0.413. The Labute approximate surface area is 147 Å². The number of benzene rings is 1. The van der Waals surface area contributed by atoms with Crippen molar-refractivity contribution in [1.82, 2.24) is 10.2 Å². The van der Waals surface area contributed by atoms with Crippen LogP contribution in [0.2, 0.25) is 0 Å². The van der Waals surface area contributed by atoms with Crippen molar-refractivity contribution in [3.63, 3.8) is 0 Å². The first kappa shape index (κ1) is 18.3. The van der Waals surface area contributed by atoms with E-state index in [1.165, 1.54) is 0 Å². The first-order valence-electron chi connectivity index (χ1n) is 7.94. The molecule has 128 valence electrons. The van der Waals surface area contributed by atoms with Crippen molar-refractivity contribution in [2.75, 3.05) is 11.6 Å². The molecule has 1 fully saturated rings. The van der Waals surface area contributed by atoms with Gasteiger partial charge in [-0.3, -0.25) is 9.59 Å². The number of hydrogen-bond donors (Lipinski definition) is 1. The van der Waals surface area contributed by atoms with Gasteiger partial charge in [0.05, 0.1) is 17.5 Å². The molecule has 0 radical (unpaired) electrons. The molecular formula is C18H23N3O2S. The van der Waals surface area contributed by atoms with Crippen molar-refractivity contribution in [1.29, 1.82) is 5.26 Å². The minimum Gasteiger partial charge on any atom is -0.350 e. The van der Waals surface area contributed by atoms with Crippen molar-refractivity contribution in [3.8, 4) is 6.07 Å². The molecule has 2 rings (SSSR count). The van der Waals surface area contributed by atoms with Crippen LogP contribution in [-0.2, 0) is 16.1 Å². The molecule has 1 aliphatic rings. The van der Waals surface area contributed by atoms with Crippen LogP contribution in [0.15, 0.2) is 24.3 Å². The molecule has 1 aromatic rings. The quantitative estimate of drug-likeness (QED) is 0.910. The SMILES string of the molecule is CC(C)(C)CC(=O)N1CSC[C@@H]1C(=O)NCc1cccc(C#N)c1. The Morgan fingerprint density at radius 2 is 2.17 bits per heavy atom. The number of rotatable bonds is 4. The van der Waals surface area contributed by atoms with Gasteiger partial charge in [-0.25, -0.2) is 0 Å². The monoisotopic (exact) mass is 345 g/mol. The summed E-state index contributed by atoms with van der Waals surface area (Å²) in [6.45, 7) is 6.42. The summed E-state index contributed by atoms with van der Waals surface area (Å²) in [5.74, 6) is 1.08. The molecular weight excluding hydrogens is 322 g/mol. The largest absolute Gasteiger partial charge is 0.350 e. The Bertz CT molecular complexity index is 661. The van der Waals surface area contributed by atoms with E-state index in [0.717, 1.165) is 5.56 Å². The van der Waals surface area contributed by atoms with Crippen LogP contribution in [0.4, 0.5) is 0 Å². The van der Waals surface area contributed by atoms with Gasteiger partial charge in [-0.1, -0.05) is 32.9 Å². The predicted molar refractivity (Wildman–Crippen MR) is 95.0 cm³/mol. The molecule has 2 amide bonds. The third-order valence-corrected chi connectivity index (χ3v) is 4.72. The van der Waals surface area contributed by atoms with Gasteiger partial charge in [-0.2, -0.15) is 5.26 Å². The lowest BCUT2D eigenvalue weighted by Crippen LogP contribution is -2.47. The first-order valence-corrected chi connectivity index (χ1v) is 9.09. The highest BCUT2D eigenvalue weighted by Gasteiger charge is 2.35. The summed E-state index contributed by atoms with van der Waals surface area (Å²) >= 11 is 1.60. The van der Waals surface area contributed by atoms with Gasteiger partial charge >= 0.3 is 0 Å². The summed E-state index contributed by atoms with van der Waals surface area (Å²) in [5, 5.41) is 11.8. The Kier molecular flexibility index (Phi) is 5.89. The number of nitrogens with one attached hydrogen (secondary N) is 1. The van der Waals surface area contributed by atoms with Crippen LogP contribution in [-0.4, -0.2) is 34.4 Å². The zero-order valence-corrected chi connectivity index (χ0v) is 15.2. The molecule has 0 saturated carbocycles. The maximum atomic E-state index is 12.5. The Morgan fingerprint density at radius 3 is 2.83 bits per heavy atom. The first-order chi connectivity index (χ1) is 11.3. The predicted octanol–water partition coefficient (Wildman–Crippen LogP) is 2.51. The van der Waals surface area contributed by atoms with Gasteiger partial charge in [-0.05, 0) is 23.1 Å². The zero-order valence-electron chi connectivity index (χ0n) is 14.3. The van der Waals surface area contributed by atoms with Gasteiger partial charge in [0.2, 0.25) is 11.8 Å². The molecule has 24 heavy (non-hydrogen) atoms. The van der Waals surface area contributed by atoms with E-state index in [1.807, 2.05) is 26.8 Å². The average molecular weight is 345 g/mol. The maximum Gasteiger partial charge on any atom is 0.243 e. The molecule has 1 saturated heterocycles. The number of thioether (sulfide) groups is 1. The molecule has 1 heterocycles. The van der Waals surface area contributed by atoms with Gasteiger partial charge in [0, 0.05) is 18.7 Å². The molecule has 1 aromatic carbocycles. The van der Waals surface area contributed by atoms with Crippen LogP contribution >= 0.6 is 11.8 Å². The van der Waals surface area contributed by atoms with E-state index in [4.69, 9.17) is 5.26 Å². The van der Waals surface area contributed by atoms with Gasteiger partial charge in [0.15, 0.2) is 0 Å². The smallest absolute Gasteiger partial charge is 0.243 e. The number of nitrogens with zero attached hydrogens (tertiary/aromatic N) is 2. The molecule has 1 N–H and O–H groups in total. The second kappa shape index (κ2) is 7.71. The number of amides is 2. The summed E-state index contributed by atoms with van der Waals surface area (Å²) in [5.41, 5.74) is 1.35. The second-order valence-electron chi connectivity index (χ2n) is 7.15. The lowest BCUT2D eigenvalue weighted by Gasteiger charge is -2.26. The molecule has 0 unspecified atom stereocenters. The maximum absolute atomic E-state index is 12.5. The molecule has 1 aliphatic heterocycles. The van der Waals surface area contributed by atoms with E-state index in [9.17, 15) is 9.59 Å². The summed E-state index contributed by atoms with van der Waals surface area (Å²) in [6, 6.07) is 8.82. The van der Waals surface area contributed by atoms with Gasteiger partial charge in [0.1, 0.15) is 6.04 Å². The standard InChI is InChI=1S/C18H23N3O2S/c1-18(2,3)8-16(22)21-12-24-11-15(21)17(23)20-10-14-6-4-5-13(7-14)9-19/h4-7,15H,8,10-12H2,1-3H3,(H,20,23)/t15-/m1/s1. The van der Waals surface area contributed by atoms with Crippen LogP contribution in [0.5, 0.6) is 0 Å². The van der Waals surface area contributed by atoms with Gasteiger partial charge in [0.25, 0.3) is 0 Å². The minimum absolute atomic E-state index is 0.0270. The van der Waals surface area contributed by atoms with Crippen molar-refractivity contribution >= 4 is 23.6 Å². The Balaban J connectivity index is 1.95. The fourth-order valence-corrected chi connectivity index (χ4v) is 3.70. The van der Waals surface area contributed by atoms with E-state index >= 15 is 0 Å². The Morgan fingerprint density at radius 1 is 1.42 bits per heavy atom. The van der Waals surface area contributed by atoms with Crippen molar-refractivity contribution in [2.45, 2.75) is 39.8 Å². The van der Waals surface area contributed by atoms with Gasteiger partial charge < -0.3 is 10.2 Å². The molecule has 0 aliphatic carbocycles. The number of hydrogen-bond acceptors (Lipinski definition) is 4. The highest BCUT2D eigenvalue weighted by atomic mass is 32.2. The average Bonchev–Trinajstić information content (AvgIpc) is 3.01. The van der Waals surface area contributed by atoms with E-state index in [-0.39, 0.29) is 17.2 Å². The number of nitriles is 1. The van der Waals surface area contributed by atoms with Crippen LogP contribution in [0.1, 0.15) is 38.3 Å². The topological polar surface area (TPSA) is 73.2 Å². The summed E-state index contributed by atoms with van der Waals surface area (Å²) in [6.07, 6.45) is 0.432. The van der Waals surface area contributed by atoms with Crippen molar-refractivity contribution < 1.29 is 9.59 Å². The molecule has 5 nitrogen and oxygen atoms in total. The number of carbonyl (C=O) groups is 2. The fourth-order valence-electron chi connectivity index (χ4n) is 2.52. The van der Waals surface area contributed by atoms with Crippen LogP contribution in [0, 0.1) is 16.7 Å². The third-order valence-electron chi connectivity index (χ3n) is 3.71. The lowest BCUT2D eigenvalue weighted by molar-refractivity contribution is -0.139. The summed E-state index contributed by atoms with van der Waals surface area (Å²) < 4.78 is 0. The highest BCUT2D eigenvalue weighted by Crippen LogP contribution is 2.26. The van der Waals surface area contributed by atoms with Crippen LogP contribution in [0.25, 0.3) is 0 Å². The fraction of sp³-hybridized carbons (Fsp3) is 0.500. The molecule has 0 spiro atoms. The van der Waals surface area contributed by atoms with Crippen molar-refractivity contribution in [2.24, 2.45) is 5.41 Å². The molecule has 6 heteroatoms. The van der Waals surface area contributed by atoms with E-state index < -0.39 is 6.04 Å². The van der Waals surface area contributed by atoms with Gasteiger partial charge in [-0.15, -0.1) is 11.8 Å². The number of carbonyl (C=O) groups excluding carboxylic acids is 2.